The molecule has 15 heavy (non-hydrogen) atoms. The molecule has 0 bridgehead atoms. The summed E-state index contributed by atoms with van der Waals surface area (Å²) in [4.78, 5) is 0. The second-order valence-corrected chi connectivity index (χ2v) is 5.61. The molecule has 0 heterocycles. The molecule has 0 aromatic rings. The molecule has 1 saturated carbocycles. The normalized spacial score (nSPS) is 23.0. The summed E-state index contributed by atoms with van der Waals surface area (Å²) in [7, 11) is 0. The van der Waals surface area contributed by atoms with Crippen LogP contribution in [0.4, 0.5) is 0 Å². The van der Waals surface area contributed by atoms with Crippen LogP contribution >= 0.6 is 0 Å². The van der Waals surface area contributed by atoms with E-state index in [0.29, 0.717) is 0 Å². The van der Waals surface area contributed by atoms with E-state index < -0.39 is 0 Å². The number of rotatable bonds is 9. The molecule has 1 aliphatic carbocycles. The second kappa shape index (κ2) is 6.55. The van der Waals surface area contributed by atoms with Crippen LogP contribution in [0.5, 0.6) is 0 Å². The van der Waals surface area contributed by atoms with Crippen molar-refractivity contribution in [2.24, 2.45) is 11.3 Å². The van der Waals surface area contributed by atoms with Crippen molar-refractivity contribution in [2.75, 3.05) is 0 Å². The Morgan fingerprint density at radius 1 is 0.867 bits per heavy atom. The van der Waals surface area contributed by atoms with Gasteiger partial charge in [0.1, 0.15) is 0 Å². The van der Waals surface area contributed by atoms with Crippen molar-refractivity contribution in [1.82, 2.24) is 0 Å². The quantitative estimate of drug-likeness (QED) is 0.467. The lowest BCUT2D eigenvalue weighted by molar-refractivity contribution is 0.350. The van der Waals surface area contributed by atoms with E-state index in [1.165, 1.54) is 57.8 Å². The van der Waals surface area contributed by atoms with Crippen molar-refractivity contribution in [3.8, 4) is 0 Å². The molecule has 0 spiro atoms. The van der Waals surface area contributed by atoms with E-state index in [9.17, 15) is 0 Å². The minimum atomic E-state index is 0.821. The smallest absolute Gasteiger partial charge is 0.0266 e. The zero-order valence-electron chi connectivity index (χ0n) is 11.1. The van der Waals surface area contributed by atoms with Crippen molar-refractivity contribution >= 4 is 0 Å². The maximum absolute atomic E-state index is 2.33. The second-order valence-electron chi connectivity index (χ2n) is 5.61. The lowest BCUT2D eigenvalue weighted by Gasteiger charge is -2.16. The van der Waals surface area contributed by atoms with Gasteiger partial charge in [0.15, 0.2) is 0 Å². The molecule has 90 valence electrons. The Labute approximate surface area is 96.8 Å². The highest BCUT2D eigenvalue weighted by Gasteiger charge is 2.51. The van der Waals surface area contributed by atoms with Gasteiger partial charge in [-0.2, -0.15) is 0 Å². The Morgan fingerprint density at radius 2 is 1.40 bits per heavy atom. The van der Waals surface area contributed by atoms with E-state index >= 15 is 0 Å². The van der Waals surface area contributed by atoms with Gasteiger partial charge in [-0.3, -0.25) is 0 Å². The van der Waals surface area contributed by atoms with Crippen LogP contribution in [0.2, 0.25) is 0 Å². The SMILES string of the molecule is CCCCC1CC1(CCCC)CCCC. The van der Waals surface area contributed by atoms with E-state index in [1.54, 1.807) is 6.42 Å². The average Bonchev–Trinajstić information content (AvgIpc) is 2.95. The molecule has 0 heteroatoms. The number of hydrogen-bond acceptors (Lipinski definition) is 0. The van der Waals surface area contributed by atoms with Crippen LogP contribution in [0.3, 0.4) is 0 Å². The Hall–Kier alpha value is 0. The standard InChI is InChI=1S/C15H30/c1-4-7-10-14-13-15(14,11-8-5-2)12-9-6-3/h14H,4-13H2,1-3H3. The molecule has 1 unspecified atom stereocenters. The van der Waals surface area contributed by atoms with Gasteiger partial charge in [0.25, 0.3) is 0 Å². The maximum Gasteiger partial charge on any atom is -0.0266 e. The van der Waals surface area contributed by atoms with E-state index in [1.807, 2.05) is 0 Å². The molecule has 0 radical (unpaired) electrons. The summed E-state index contributed by atoms with van der Waals surface area (Å²) in [5, 5.41) is 0. The molecule has 0 aromatic carbocycles. The van der Waals surface area contributed by atoms with Crippen LogP contribution in [0.1, 0.15) is 85.0 Å². The Balaban J connectivity index is 2.29. The molecule has 1 rings (SSSR count). The lowest BCUT2D eigenvalue weighted by atomic mass is 9.89. The van der Waals surface area contributed by atoms with E-state index in [-0.39, 0.29) is 0 Å². The number of hydrogen-bond donors (Lipinski definition) is 0. The van der Waals surface area contributed by atoms with Gasteiger partial charge in [-0.15, -0.1) is 0 Å². The molecule has 1 atom stereocenters. The third-order valence-corrected chi connectivity index (χ3v) is 4.32. The molecule has 0 saturated heterocycles. The summed E-state index contributed by atoms with van der Waals surface area (Å²) in [5.41, 5.74) is 0.821. The van der Waals surface area contributed by atoms with Gasteiger partial charge in [-0.1, -0.05) is 59.3 Å². The minimum Gasteiger partial charge on any atom is -0.0654 e. The topological polar surface area (TPSA) is 0 Å². The van der Waals surface area contributed by atoms with Crippen LogP contribution in [0.15, 0.2) is 0 Å². The number of unbranched alkanes of at least 4 members (excludes halogenated alkanes) is 3. The molecule has 0 aromatic heterocycles. The van der Waals surface area contributed by atoms with Crippen molar-refractivity contribution in [1.29, 1.82) is 0 Å². The van der Waals surface area contributed by atoms with E-state index in [4.69, 9.17) is 0 Å². The Kier molecular flexibility index (Phi) is 5.71. The fraction of sp³-hybridized carbons (Fsp3) is 1.00. The molecule has 1 fully saturated rings. The summed E-state index contributed by atoms with van der Waals surface area (Å²) in [6, 6.07) is 0. The zero-order chi connectivity index (χ0) is 11.1. The van der Waals surface area contributed by atoms with Crippen molar-refractivity contribution in [3.63, 3.8) is 0 Å². The van der Waals surface area contributed by atoms with Crippen LogP contribution in [0.25, 0.3) is 0 Å². The highest BCUT2D eigenvalue weighted by molar-refractivity contribution is 5.01. The average molecular weight is 210 g/mol. The molecule has 0 aliphatic heterocycles. The fourth-order valence-corrected chi connectivity index (χ4v) is 3.09. The van der Waals surface area contributed by atoms with Crippen molar-refractivity contribution in [2.45, 2.75) is 85.0 Å². The van der Waals surface area contributed by atoms with Gasteiger partial charge in [0.05, 0.1) is 0 Å². The molecule has 0 nitrogen and oxygen atoms in total. The van der Waals surface area contributed by atoms with Crippen LogP contribution in [-0.4, -0.2) is 0 Å². The summed E-state index contributed by atoms with van der Waals surface area (Å²) in [6.45, 7) is 6.98. The van der Waals surface area contributed by atoms with Gasteiger partial charge in [0.2, 0.25) is 0 Å². The van der Waals surface area contributed by atoms with Crippen LogP contribution in [0, 0.1) is 11.3 Å². The highest BCUT2D eigenvalue weighted by Crippen LogP contribution is 2.61. The van der Waals surface area contributed by atoms with Crippen LogP contribution < -0.4 is 0 Å². The van der Waals surface area contributed by atoms with Crippen molar-refractivity contribution in [3.05, 3.63) is 0 Å². The highest BCUT2D eigenvalue weighted by atomic mass is 14.6. The predicted molar refractivity (Wildman–Crippen MR) is 69.1 cm³/mol. The largest absolute Gasteiger partial charge is 0.0654 e. The lowest BCUT2D eigenvalue weighted by Crippen LogP contribution is -2.04. The summed E-state index contributed by atoms with van der Waals surface area (Å²) in [5.74, 6) is 1.11. The first-order chi connectivity index (χ1) is 7.29. The van der Waals surface area contributed by atoms with Gasteiger partial charge < -0.3 is 0 Å². The minimum absolute atomic E-state index is 0.821. The first kappa shape index (κ1) is 13.1. The first-order valence-corrected chi connectivity index (χ1v) is 7.29. The summed E-state index contributed by atoms with van der Waals surface area (Å²) < 4.78 is 0. The van der Waals surface area contributed by atoms with Gasteiger partial charge >= 0.3 is 0 Å². The molecular formula is C15H30. The molecule has 0 amide bonds. The predicted octanol–water partition coefficient (Wildman–Crippen LogP) is 5.56. The summed E-state index contributed by atoms with van der Waals surface area (Å²) >= 11 is 0. The van der Waals surface area contributed by atoms with E-state index in [2.05, 4.69) is 20.8 Å². The monoisotopic (exact) mass is 210 g/mol. The van der Waals surface area contributed by atoms with Gasteiger partial charge in [-0.25, -0.2) is 0 Å². The third kappa shape index (κ3) is 3.81. The zero-order valence-corrected chi connectivity index (χ0v) is 11.1. The van der Waals surface area contributed by atoms with Gasteiger partial charge in [0, 0.05) is 0 Å². The fourth-order valence-electron chi connectivity index (χ4n) is 3.09. The Bertz CT molecular complexity index is 151. The molecular weight excluding hydrogens is 180 g/mol. The van der Waals surface area contributed by atoms with Gasteiger partial charge in [-0.05, 0) is 37.0 Å². The molecule has 0 N–H and O–H groups in total. The van der Waals surface area contributed by atoms with Crippen LogP contribution in [-0.2, 0) is 0 Å². The van der Waals surface area contributed by atoms with E-state index in [0.717, 1.165) is 11.3 Å². The van der Waals surface area contributed by atoms with Crippen molar-refractivity contribution < 1.29 is 0 Å². The maximum atomic E-state index is 2.33. The molecule has 1 aliphatic rings. The third-order valence-electron chi connectivity index (χ3n) is 4.32. The summed E-state index contributed by atoms with van der Waals surface area (Å²) in [6.07, 6.45) is 14.7. The first-order valence-electron chi connectivity index (χ1n) is 7.29. The Morgan fingerprint density at radius 3 is 1.87 bits per heavy atom.